The van der Waals surface area contributed by atoms with E-state index in [1.165, 1.54) is 7.11 Å². The van der Waals surface area contributed by atoms with E-state index in [0.29, 0.717) is 19.4 Å². The Hall–Kier alpha value is -1.26. The summed E-state index contributed by atoms with van der Waals surface area (Å²) in [4.78, 5) is 14.2. The highest BCUT2D eigenvalue weighted by Gasteiger charge is 1.97. The summed E-state index contributed by atoms with van der Waals surface area (Å²) in [5.41, 5.74) is 10.1. The van der Waals surface area contributed by atoms with E-state index in [1.54, 1.807) is 0 Å². The van der Waals surface area contributed by atoms with Crippen molar-refractivity contribution in [2.75, 3.05) is 13.7 Å². The van der Waals surface area contributed by atoms with E-state index in [2.05, 4.69) is 9.73 Å². The largest absolute Gasteiger partial charge is 0.469 e. The maximum atomic E-state index is 10.5. The second-order valence-corrected chi connectivity index (χ2v) is 1.99. The first kappa shape index (κ1) is 9.74. The van der Waals surface area contributed by atoms with E-state index in [1.807, 2.05) is 0 Å². The van der Waals surface area contributed by atoms with Crippen molar-refractivity contribution in [2.24, 2.45) is 16.5 Å². The minimum atomic E-state index is -0.240. The molecular weight excluding hydrogens is 146 g/mol. The zero-order chi connectivity index (χ0) is 8.69. The molecule has 4 N–H and O–H groups in total. The number of nitrogens with two attached hydrogens (primary N) is 2. The van der Waals surface area contributed by atoms with Crippen molar-refractivity contribution in [3.8, 4) is 0 Å². The fourth-order valence-corrected chi connectivity index (χ4v) is 0.534. The Balaban J connectivity index is 3.28. The summed E-state index contributed by atoms with van der Waals surface area (Å²) < 4.78 is 4.41. The summed E-state index contributed by atoms with van der Waals surface area (Å²) in [5.74, 6) is -0.189. The first-order valence-corrected chi connectivity index (χ1v) is 3.29. The minimum Gasteiger partial charge on any atom is -0.469 e. The predicted molar refractivity (Wildman–Crippen MR) is 41.9 cm³/mol. The number of rotatable bonds is 4. The van der Waals surface area contributed by atoms with Crippen LogP contribution in [0.2, 0.25) is 0 Å². The lowest BCUT2D eigenvalue weighted by Gasteiger charge is -1.95. The molecule has 0 heterocycles. The van der Waals surface area contributed by atoms with Gasteiger partial charge in [-0.15, -0.1) is 0 Å². The third-order valence-corrected chi connectivity index (χ3v) is 1.06. The Bertz CT molecular complexity index is 152. The van der Waals surface area contributed by atoms with Gasteiger partial charge in [-0.3, -0.25) is 9.79 Å². The van der Waals surface area contributed by atoms with Crippen LogP contribution in [0.1, 0.15) is 12.8 Å². The van der Waals surface area contributed by atoms with E-state index in [0.717, 1.165) is 0 Å². The quantitative estimate of drug-likeness (QED) is 0.243. The zero-order valence-electron chi connectivity index (χ0n) is 6.54. The van der Waals surface area contributed by atoms with Gasteiger partial charge < -0.3 is 16.2 Å². The second kappa shape index (κ2) is 5.52. The molecule has 0 aromatic heterocycles. The zero-order valence-corrected chi connectivity index (χ0v) is 6.54. The van der Waals surface area contributed by atoms with Crippen LogP contribution in [-0.4, -0.2) is 25.6 Å². The van der Waals surface area contributed by atoms with E-state index in [-0.39, 0.29) is 11.9 Å². The Kier molecular flexibility index (Phi) is 4.89. The van der Waals surface area contributed by atoms with Gasteiger partial charge in [0.15, 0.2) is 5.96 Å². The molecule has 0 aromatic carbocycles. The maximum absolute atomic E-state index is 10.5. The standard InChI is InChI=1S/C6H13N3O2/c1-11-5(10)3-2-4-9-6(7)8/h2-4H2,1H3,(H4,7,8,9). The fourth-order valence-electron chi connectivity index (χ4n) is 0.534. The number of carbonyl (C=O) groups is 1. The third kappa shape index (κ3) is 6.63. The molecule has 0 rings (SSSR count). The van der Waals surface area contributed by atoms with Crippen LogP contribution in [0.4, 0.5) is 0 Å². The van der Waals surface area contributed by atoms with Crippen molar-refractivity contribution in [3.63, 3.8) is 0 Å². The van der Waals surface area contributed by atoms with Crippen LogP contribution < -0.4 is 11.5 Å². The van der Waals surface area contributed by atoms with Crippen LogP contribution in [0.5, 0.6) is 0 Å². The Morgan fingerprint density at radius 2 is 2.18 bits per heavy atom. The van der Waals surface area contributed by atoms with Crippen LogP contribution in [0.25, 0.3) is 0 Å². The Morgan fingerprint density at radius 3 is 2.64 bits per heavy atom. The van der Waals surface area contributed by atoms with Crippen molar-refractivity contribution in [3.05, 3.63) is 0 Å². The monoisotopic (exact) mass is 159 g/mol. The number of carbonyl (C=O) groups excluding carboxylic acids is 1. The van der Waals surface area contributed by atoms with Gasteiger partial charge in [-0.2, -0.15) is 0 Å². The molecular formula is C6H13N3O2. The third-order valence-electron chi connectivity index (χ3n) is 1.06. The summed E-state index contributed by atoms with van der Waals surface area (Å²) in [6.07, 6.45) is 0.970. The van der Waals surface area contributed by atoms with Gasteiger partial charge in [-0.1, -0.05) is 0 Å². The molecule has 0 atom stereocenters. The minimum absolute atomic E-state index is 0.0508. The van der Waals surface area contributed by atoms with E-state index in [4.69, 9.17) is 11.5 Å². The number of hydrogen-bond donors (Lipinski definition) is 2. The molecule has 11 heavy (non-hydrogen) atoms. The number of esters is 1. The molecule has 0 saturated carbocycles. The number of guanidine groups is 1. The normalized spacial score (nSPS) is 8.82. The Labute approximate surface area is 65.4 Å². The topological polar surface area (TPSA) is 90.7 Å². The summed E-state index contributed by atoms with van der Waals surface area (Å²) in [6, 6.07) is 0. The lowest BCUT2D eigenvalue weighted by molar-refractivity contribution is -0.140. The molecule has 0 unspecified atom stereocenters. The number of aliphatic imine (C=N–C) groups is 1. The van der Waals surface area contributed by atoms with Crippen molar-refractivity contribution in [1.29, 1.82) is 0 Å². The molecule has 0 aliphatic heterocycles. The SMILES string of the molecule is COC(=O)CCCN=C(N)N. The van der Waals surface area contributed by atoms with Crippen molar-refractivity contribution in [2.45, 2.75) is 12.8 Å². The molecule has 0 aromatic rings. The van der Waals surface area contributed by atoms with Crippen LogP contribution in [0.3, 0.4) is 0 Å². The molecule has 0 saturated heterocycles. The molecule has 0 aliphatic carbocycles. The van der Waals surface area contributed by atoms with Gasteiger partial charge >= 0.3 is 5.97 Å². The van der Waals surface area contributed by atoms with E-state index < -0.39 is 0 Å². The number of methoxy groups -OCH3 is 1. The average molecular weight is 159 g/mol. The average Bonchev–Trinajstić information content (AvgIpc) is 1.97. The van der Waals surface area contributed by atoms with Gasteiger partial charge in [0.2, 0.25) is 0 Å². The van der Waals surface area contributed by atoms with Gasteiger partial charge in [0, 0.05) is 13.0 Å². The molecule has 0 spiro atoms. The summed E-state index contributed by atoms with van der Waals surface area (Å²) in [5, 5.41) is 0. The number of ether oxygens (including phenoxy) is 1. The lowest BCUT2D eigenvalue weighted by atomic mass is 10.3. The van der Waals surface area contributed by atoms with E-state index in [9.17, 15) is 4.79 Å². The smallest absolute Gasteiger partial charge is 0.305 e. The van der Waals surface area contributed by atoms with Crippen LogP contribution in [0.15, 0.2) is 4.99 Å². The first-order chi connectivity index (χ1) is 5.16. The van der Waals surface area contributed by atoms with Crippen molar-refractivity contribution in [1.82, 2.24) is 0 Å². The molecule has 0 fully saturated rings. The van der Waals surface area contributed by atoms with Gasteiger partial charge in [0.1, 0.15) is 0 Å². The number of nitrogens with zero attached hydrogens (tertiary/aromatic N) is 1. The summed E-state index contributed by atoms with van der Waals surface area (Å²) >= 11 is 0. The molecule has 0 amide bonds. The highest BCUT2D eigenvalue weighted by atomic mass is 16.5. The molecule has 5 nitrogen and oxygen atoms in total. The summed E-state index contributed by atoms with van der Waals surface area (Å²) in [7, 11) is 1.35. The van der Waals surface area contributed by atoms with Crippen molar-refractivity contribution >= 4 is 11.9 Å². The molecule has 64 valence electrons. The van der Waals surface area contributed by atoms with Crippen LogP contribution >= 0.6 is 0 Å². The highest BCUT2D eigenvalue weighted by Crippen LogP contribution is 1.91. The molecule has 5 heteroatoms. The number of hydrogen-bond acceptors (Lipinski definition) is 3. The first-order valence-electron chi connectivity index (χ1n) is 3.29. The van der Waals surface area contributed by atoms with Gasteiger partial charge in [0.05, 0.1) is 7.11 Å². The van der Waals surface area contributed by atoms with Gasteiger partial charge in [-0.25, -0.2) is 0 Å². The molecule has 0 radical (unpaired) electrons. The van der Waals surface area contributed by atoms with Crippen LogP contribution in [0, 0.1) is 0 Å². The van der Waals surface area contributed by atoms with Crippen LogP contribution in [-0.2, 0) is 9.53 Å². The van der Waals surface area contributed by atoms with Crippen molar-refractivity contribution < 1.29 is 9.53 Å². The highest BCUT2D eigenvalue weighted by molar-refractivity contribution is 5.75. The molecule has 0 bridgehead atoms. The van der Waals surface area contributed by atoms with Gasteiger partial charge in [0.25, 0.3) is 0 Å². The Morgan fingerprint density at radius 1 is 1.55 bits per heavy atom. The van der Waals surface area contributed by atoms with Gasteiger partial charge in [-0.05, 0) is 6.42 Å². The summed E-state index contributed by atoms with van der Waals surface area (Å²) in [6.45, 7) is 0.470. The lowest BCUT2D eigenvalue weighted by Crippen LogP contribution is -2.23. The molecule has 0 aliphatic rings. The maximum Gasteiger partial charge on any atom is 0.305 e. The van der Waals surface area contributed by atoms with E-state index >= 15 is 0 Å². The fraction of sp³-hybridized carbons (Fsp3) is 0.667. The predicted octanol–water partition coefficient (Wildman–Crippen LogP) is -0.787. The second-order valence-electron chi connectivity index (χ2n) is 1.99.